The van der Waals surface area contributed by atoms with Crippen LogP contribution in [0.5, 0.6) is 0 Å². The first-order chi connectivity index (χ1) is 14.4. The Kier molecular flexibility index (Phi) is 4.44. The molecule has 2 aliphatic rings. The van der Waals surface area contributed by atoms with Crippen LogP contribution in [0.2, 0.25) is 0 Å². The number of fused-ring (bicyclic) bond motifs is 1. The number of rotatable bonds is 5. The van der Waals surface area contributed by atoms with E-state index >= 15 is 0 Å². The second kappa shape index (κ2) is 7.03. The van der Waals surface area contributed by atoms with Gasteiger partial charge in [0, 0.05) is 50.2 Å². The Balaban J connectivity index is 1.32. The lowest BCUT2D eigenvalue weighted by Gasteiger charge is -2.20. The summed E-state index contributed by atoms with van der Waals surface area (Å²) in [5.74, 6) is 0.918. The van der Waals surface area contributed by atoms with Crippen molar-refractivity contribution in [2.24, 2.45) is 18.9 Å². The lowest BCUT2D eigenvalue weighted by Crippen LogP contribution is -2.34. The van der Waals surface area contributed by atoms with Crippen LogP contribution in [0.25, 0.3) is 11.3 Å². The molecule has 1 saturated carbocycles. The Morgan fingerprint density at radius 1 is 1.03 bits per heavy atom. The van der Waals surface area contributed by atoms with Gasteiger partial charge < -0.3 is 5.32 Å². The van der Waals surface area contributed by atoms with Crippen LogP contribution < -0.4 is 10.9 Å². The molecule has 0 unspecified atom stereocenters. The largest absolute Gasteiger partial charge is 0.352 e. The summed E-state index contributed by atoms with van der Waals surface area (Å²) in [6.45, 7) is 0.940. The predicted molar refractivity (Wildman–Crippen MR) is 112 cm³/mol. The van der Waals surface area contributed by atoms with Crippen molar-refractivity contribution in [1.82, 2.24) is 18.8 Å². The molecule has 154 valence electrons. The molecule has 5 rings (SSSR count). The Morgan fingerprint density at radius 3 is 2.37 bits per heavy atom. The number of piperidine rings is 1. The molecule has 0 amide bonds. The maximum absolute atomic E-state index is 12.8. The fourth-order valence-electron chi connectivity index (χ4n) is 4.13. The van der Waals surface area contributed by atoms with Crippen LogP contribution in [0.1, 0.15) is 0 Å². The number of sulfonamides is 1. The number of nitrogens with one attached hydrogen (secondary N) is 1. The summed E-state index contributed by atoms with van der Waals surface area (Å²) in [7, 11) is -1.79. The van der Waals surface area contributed by atoms with E-state index in [0.717, 1.165) is 5.56 Å². The number of anilines is 1. The van der Waals surface area contributed by atoms with Gasteiger partial charge in [0.15, 0.2) is 0 Å². The Hall–Kier alpha value is -3.04. The summed E-state index contributed by atoms with van der Waals surface area (Å²) >= 11 is 0. The summed E-state index contributed by atoms with van der Waals surface area (Å²) < 4.78 is 28.7. The molecule has 9 heteroatoms. The van der Waals surface area contributed by atoms with E-state index in [1.165, 1.54) is 10.6 Å². The normalized spacial score (nSPS) is 23.2. The first-order valence-corrected chi connectivity index (χ1v) is 11.2. The molecular formula is C21H21N5O3S. The molecule has 3 atom stereocenters. The third kappa shape index (κ3) is 3.20. The molecule has 2 aromatic heterocycles. The van der Waals surface area contributed by atoms with Crippen molar-refractivity contribution in [3.8, 4) is 11.3 Å². The molecular weight excluding hydrogens is 402 g/mol. The van der Waals surface area contributed by atoms with E-state index in [4.69, 9.17) is 0 Å². The summed E-state index contributed by atoms with van der Waals surface area (Å²) in [5.41, 5.74) is 1.25. The smallest absolute Gasteiger partial charge is 0.255 e. The minimum atomic E-state index is -3.47. The van der Waals surface area contributed by atoms with Gasteiger partial charge >= 0.3 is 0 Å². The van der Waals surface area contributed by atoms with E-state index < -0.39 is 10.0 Å². The maximum Gasteiger partial charge on any atom is 0.255 e. The van der Waals surface area contributed by atoms with Crippen molar-refractivity contribution in [1.29, 1.82) is 0 Å². The molecule has 1 aliphatic carbocycles. The average Bonchev–Trinajstić information content (AvgIpc) is 3.19. The van der Waals surface area contributed by atoms with E-state index in [1.807, 2.05) is 12.1 Å². The van der Waals surface area contributed by atoms with Crippen molar-refractivity contribution in [2.75, 3.05) is 18.4 Å². The SMILES string of the molecule is Cn1c(N[C@H]2[C@@H]3CN(S(=O)(=O)c4ccccc4)C[C@@H]32)nc(-c2ccncc2)cc1=O. The molecule has 1 saturated heterocycles. The molecule has 1 aliphatic heterocycles. The van der Waals surface area contributed by atoms with Gasteiger partial charge in [-0.25, -0.2) is 13.4 Å². The fourth-order valence-corrected chi connectivity index (χ4v) is 5.66. The number of pyridine rings is 1. The number of benzene rings is 1. The molecule has 8 nitrogen and oxygen atoms in total. The zero-order chi connectivity index (χ0) is 20.9. The summed E-state index contributed by atoms with van der Waals surface area (Å²) in [4.78, 5) is 21.3. The highest BCUT2D eigenvalue weighted by Gasteiger charge is 2.58. The quantitative estimate of drug-likeness (QED) is 0.669. The molecule has 3 heterocycles. The minimum Gasteiger partial charge on any atom is -0.352 e. The second-order valence-corrected chi connectivity index (χ2v) is 9.67. The van der Waals surface area contributed by atoms with Gasteiger partial charge in [-0.1, -0.05) is 18.2 Å². The minimum absolute atomic E-state index is 0.109. The van der Waals surface area contributed by atoms with Gasteiger partial charge in [-0.15, -0.1) is 0 Å². The number of aromatic nitrogens is 3. The van der Waals surface area contributed by atoms with Gasteiger partial charge in [0.25, 0.3) is 5.56 Å². The van der Waals surface area contributed by atoms with Gasteiger partial charge in [0.05, 0.1) is 10.6 Å². The predicted octanol–water partition coefficient (Wildman–Crippen LogP) is 1.57. The van der Waals surface area contributed by atoms with Crippen molar-refractivity contribution in [3.63, 3.8) is 0 Å². The van der Waals surface area contributed by atoms with E-state index in [-0.39, 0.29) is 23.4 Å². The number of hydrogen-bond acceptors (Lipinski definition) is 6. The highest BCUT2D eigenvalue weighted by Crippen LogP contribution is 2.48. The third-order valence-electron chi connectivity index (χ3n) is 5.95. The maximum atomic E-state index is 12.8. The molecule has 1 aromatic carbocycles. The number of hydrogen-bond donors (Lipinski definition) is 1. The van der Waals surface area contributed by atoms with E-state index in [1.54, 1.807) is 54.1 Å². The van der Waals surface area contributed by atoms with Crippen LogP contribution in [0.4, 0.5) is 5.95 Å². The van der Waals surface area contributed by atoms with Crippen LogP contribution in [0.15, 0.2) is 70.6 Å². The monoisotopic (exact) mass is 423 g/mol. The fraction of sp³-hybridized carbons (Fsp3) is 0.286. The molecule has 1 N–H and O–H groups in total. The highest BCUT2D eigenvalue weighted by molar-refractivity contribution is 7.89. The van der Waals surface area contributed by atoms with Crippen LogP contribution in [0, 0.1) is 11.8 Å². The summed E-state index contributed by atoms with van der Waals surface area (Å²) in [5, 5.41) is 3.36. The van der Waals surface area contributed by atoms with Crippen LogP contribution in [-0.4, -0.2) is 46.4 Å². The van der Waals surface area contributed by atoms with Crippen LogP contribution in [-0.2, 0) is 17.1 Å². The van der Waals surface area contributed by atoms with Crippen LogP contribution >= 0.6 is 0 Å². The Labute approximate surface area is 174 Å². The van der Waals surface area contributed by atoms with Gasteiger partial charge in [-0.3, -0.25) is 14.3 Å². The zero-order valence-electron chi connectivity index (χ0n) is 16.3. The average molecular weight is 423 g/mol. The summed E-state index contributed by atoms with van der Waals surface area (Å²) in [6.07, 6.45) is 3.32. The molecule has 3 aromatic rings. The molecule has 30 heavy (non-hydrogen) atoms. The zero-order valence-corrected chi connectivity index (χ0v) is 17.2. The number of nitrogens with zero attached hydrogens (tertiary/aromatic N) is 4. The Morgan fingerprint density at radius 2 is 1.70 bits per heavy atom. The van der Waals surface area contributed by atoms with Crippen molar-refractivity contribution in [3.05, 3.63) is 71.3 Å². The molecule has 0 spiro atoms. The van der Waals surface area contributed by atoms with Gasteiger partial charge in [0.1, 0.15) is 0 Å². The first-order valence-electron chi connectivity index (χ1n) is 9.75. The molecule has 2 fully saturated rings. The summed E-state index contributed by atoms with van der Waals surface area (Å²) in [6, 6.07) is 13.7. The van der Waals surface area contributed by atoms with Gasteiger partial charge in [-0.2, -0.15) is 4.31 Å². The topological polar surface area (TPSA) is 97.2 Å². The van der Waals surface area contributed by atoms with E-state index in [2.05, 4.69) is 15.3 Å². The van der Waals surface area contributed by atoms with E-state index in [0.29, 0.717) is 29.6 Å². The molecule has 0 radical (unpaired) electrons. The van der Waals surface area contributed by atoms with Gasteiger partial charge in [-0.05, 0) is 36.1 Å². The highest BCUT2D eigenvalue weighted by atomic mass is 32.2. The standard InChI is InChI=1S/C21H21N5O3S/c1-25-19(27)11-18(14-7-9-22-10-8-14)23-21(25)24-20-16-12-26(13-17(16)20)30(28,29)15-5-3-2-4-6-15/h2-11,16-17,20H,12-13H2,1H3,(H,23,24)/t16-,17+,20+. The van der Waals surface area contributed by atoms with Crippen molar-refractivity contribution >= 4 is 16.0 Å². The Bertz CT molecular complexity index is 1230. The van der Waals surface area contributed by atoms with Crippen molar-refractivity contribution in [2.45, 2.75) is 10.9 Å². The lowest BCUT2D eigenvalue weighted by atomic mass is 10.2. The first kappa shape index (κ1) is 19.0. The van der Waals surface area contributed by atoms with E-state index in [9.17, 15) is 13.2 Å². The van der Waals surface area contributed by atoms with Crippen LogP contribution in [0.3, 0.4) is 0 Å². The second-order valence-electron chi connectivity index (χ2n) is 7.73. The van der Waals surface area contributed by atoms with Crippen molar-refractivity contribution < 1.29 is 8.42 Å². The third-order valence-corrected chi connectivity index (χ3v) is 7.79. The lowest BCUT2D eigenvalue weighted by molar-refractivity contribution is 0.435. The van der Waals surface area contributed by atoms with Gasteiger partial charge in [0.2, 0.25) is 16.0 Å². The molecule has 0 bridgehead atoms.